The lowest BCUT2D eigenvalue weighted by Crippen LogP contribution is -2.33. The third-order valence-corrected chi connectivity index (χ3v) is 0.983. The fourth-order valence-corrected chi connectivity index (χ4v) is 0.367. The molecule has 5 nitrogen and oxygen atoms in total. The van der Waals surface area contributed by atoms with Crippen molar-refractivity contribution in [3.63, 3.8) is 0 Å². The van der Waals surface area contributed by atoms with E-state index in [1.54, 1.807) is 6.92 Å². The molecule has 0 aromatic carbocycles. The number of nitrogens with zero attached hydrogens (tertiary/aromatic N) is 1. The molecule has 11 heavy (non-hydrogen) atoms. The van der Waals surface area contributed by atoms with Crippen LogP contribution in [-0.4, -0.2) is 23.5 Å². The van der Waals surface area contributed by atoms with Crippen molar-refractivity contribution in [3.05, 3.63) is 0 Å². The molecule has 1 unspecified atom stereocenters. The highest BCUT2D eigenvalue weighted by Crippen LogP contribution is 1.86. The number of hydrogen-bond acceptors (Lipinski definition) is 3. The molecule has 0 spiro atoms. The van der Waals surface area contributed by atoms with Crippen molar-refractivity contribution in [1.82, 2.24) is 5.32 Å². The van der Waals surface area contributed by atoms with Gasteiger partial charge in [0.25, 0.3) is 0 Å². The lowest BCUT2D eigenvalue weighted by molar-refractivity contribution is -0.150. The number of hydrogen-bond donors (Lipinski definition) is 2. The summed E-state index contributed by atoms with van der Waals surface area (Å²) in [6, 6.07) is 1.85. The fourth-order valence-electron chi connectivity index (χ4n) is 0.367. The second-order valence-electron chi connectivity index (χ2n) is 2.05. The zero-order chi connectivity index (χ0) is 8.85. The lowest BCUT2D eigenvalue weighted by atomic mass is 10.2. The normalized spacial score (nSPS) is 11.3. The molecule has 1 atom stereocenters. The van der Waals surface area contributed by atoms with Gasteiger partial charge in [-0.05, 0) is 6.92 Å². The zero-order valence-electron chi connectivity index (χ0n) is 6.00. The van der Waals surface area contributed by atoms with E-state index < -0.39 is 11.9 Å². The maximum absolute atomic E-state index is 10.3. The van der Waals surface area contributed by atoms with Crippen LogP contribution in [0.15, 0.2) is 0 Å². The Hall–Kier alpha value is -1.57. The van der Waals surface area contributed by atoms with E-state index in [0.717, 1.165) is 0 Å². The van der Waals surface area contributed by atoms with Crippen LogP contribution in [0.4, 0.5) is 0 Å². The van der Waals surface area contributed by atoms with E-state index in [1.165, 1.54) is 0 Å². The molecule has 0 aliphatic rings. The van der Waals surface area contributed by atoms with Crippen molar-refractivity contribution < 1.29 is 14.7 Å². The van der Waals surface area contributed by atoms with Gasteiger partial charge in [-0.3, -0.25) is 4.79 Å². The molecule has 60 valence electrons. The van der Waals surface area contributed by atoms with Crippen molar-refractivity contribution in [1.29, 1.82) is 5.26 Å². The highest BCUT2D eigenvalue weighted by Gasteiger charge is 2.10. The zero-order valence-corrected chi connectivity index (χ0v) is 6.00. The van der Waals surface area contributed by atoms with E-state index in [2.05, 4.69) is 5.32 Å². The van der Waals surface area contributed by atoms with Gasteiger partial charge in [-0.15, -0.1) is 0 Å². The Morgan fingerprint density at radius 2 is 2.27 bits per heavy atom. The average Bonchev–Trinajstić information content (AvgIpc) is 1.99. The summed E-state index contributed by atoms with van der Waals surface area (Å²) in [5.74, 6) is -2.97. The third-order valence-electron chi connectivity index (χ3n) is 0.983. The van der Waals surface area contributed by atoms with Crippen LogP contribution >= 0.6 is 0 Å². The van der Waals surface area contributed by atoms with E-state index in [1.807, 2.05) is 6.07 Å². The van der Waals surface area contributed by atoms with Gasteiger partial charge in [0.15, 0.2) is 0 Å². The fraction of sp³-hybridized carbons (Fsp3) is 0.500. The van der Waals surface area contributed by atoms with Crippen LogP contribution in [0.2, 0.25) is 0 Å². The highest BCUT2D eigenvalue weighted by atomic mass is 16.4. The first-order valence-electron chi connectivity index (χ1n) is 2.98. The number of nitriles is 1. The number of nitrogens with one attached hydrogen (secondary N) is 1. The number of aliphatic carboxylic acids is 1. The smallest absolute Gasteiger partial charge is 0.394 e. The molecule has 0 saturated carbocycles. The molecule has 2 N–H and O–H groups in total. The van der Waals surface area contributed by atoms with Gasteiger partial charge in [0.1, 0.15) is 0 Å². The summed E-state index contributed by atoms with van der Waals surface area (Å²) in [6.07, 6.45) is 0. The van der Waals surface area contributed by atoms with Gasteiger partial charge >= 0.3 is 11.9 Å². The summed E-state index contributed by atoms with van der Waals surface area (Å²) < 4.78 is 0. The molecule has 0 fully saturated rings. The maximum atomic E-state index is 10.3. The highest BCUT2D eigenvalue weighted by molar-refractivity contribution is 6.31. The summed E-state index contributed by atoms with van der Waals surface area (Å²) in [5, 5.41) is 18.4. The Balaban J connectivity index is 3.65. The molecular formula is C6H8N2O3. The maximum Gasteiger partial charge on any atom is 0.394 e. The number of carboxylic acids is 1. The number of amides is 1. The van der Waals surface area contributed by atoms with Gasteiger partial charge in [0.2, 0.25) is 0 Å². The second kappa shape index (κ2) is 4.28. The molecule has 0 saturated heterocycles. The second-order valence-corrected chi connectivity index (χ2v) is 2.05. The van der Waals surface area contributed by atoms with Crippen LogP contribution in [0.1, 0.15) is 6.92 Å². The van der Waals surface area contributed by atoms with Crippen molar-refractivity contribution in [2.75, 3.05) is 6.54 Å². The van der Waals surface area contributed by atoms with E-state index in [9.17, 15) is 9.59 Å². The predicted molar refractivity (Wildman–Crippen MR) is 35.4 cm³/mol. The number of rotatable bonds is 2. The number of carbonyl (C=O) groups is 2. The average molecular weight is 156 g/mol. The van der Waals surface area contributed by atoms with Crippen molar-refractivity contribution >= 4 is 11.9 Å². The van der Waals surface area contributed by atoms with E-state index in [4.69, 9.17) is 10.4 Å². The molecule has 1 amide bonds. The van der Waals surface area contributed by atoms with E-state index >= 15 is 0 Å². The monoisotopic (exact) mass is 156 g/mol. The first kappa shape index (κ1) is 9.43. The van der Waals surface area contributed by atoms with Crippen molar-refractivity contribution in [2.45, 2.75) is 6.92 Å². The van der Waals surface area contributed by atoms with Gasteiger partial charge in [-0.2, -0.15) is 5.26 Å². The van der Waals surface area contributed by atoms with Crippen LogP contribution in [-0.2, 0) is 9.59 Å². The molecule has 0 aliphatic heterocycles. The molecule has 0 radical (unpaired) electrons. The van der Waals surface area contributed by atoms with Crippen LogP contribution in [0.5, 0.6) is 0 Å². The van der Waals surface area contributed by atoms with Crippen LogP contribution < -0.4 is 5.32 Å². The number of carbonyl (C=O) groups excluding carboxylic acids is 1. The molecule has 0 rings (SSSR count). The molecule has 0 aromatic rings. The molecule has 0 heterocycles. The van der Waals surface area contributed by atoms with E-state index in [-0.39, 0.29) is 12.5 Å². The van der Waals surface area contributed by atoms with Gasteiger partial charge < -0.3 is 10.4 Å². The van der Waals surface area contributed by atoms with Crippen LogP contribution in [0.25, 0.3) is 0 Å². The SMILES string of the molecule is CC(C#N)CNC(=O)C(=O)O. The molecule has 0 bridgehead atoms. The first-order chi connectivity index (χ1) is 5.07. The minimum absolute atomic E-state index is 0.0711. The summed E-state index contributed by atoms with van der Waals surface area (Å²) in [6.45, 7) is 1.66. The predicted octanol–water partition coefficient (Wildman–Crippen LogP) is -0.653. The Morgan fingerprint density at radius 3 is 2.64 bits per heavy atom. The van der Waals surface area contributed by atoms with E-state index in [0.29, 0.717) is 0 Å². The van der Waals surface area contributed by atoms with Gasteiger partial charge in [-0.25, -0.2) is 4.79 Å². The van der Waals surface area contributed by atoms with Gasteiger partial charge in [-0.1, -0.05) is 0 Å². The summed E-state index contributed by atoms with van der Waals surface area (Å²) in [5.41, 5.74) is 0. The standard InChI is InChI=1S/C6H8N2O3/c1-4(2-7)3-8-5(9)6(10)11/h4H,3H2,1H3,(H,8,9)(H,10,11). The minimum atomic E-state index is -1.53. The van der Waals surface area contributed by atoms with Gasteiger partial charge in [0.05, 0.1) is 12.0 Å². The molecule has 5 heteroatoms. The largest absolute Gasteiger partial charge is 0.474 e. The van der Waals surface area contributed by atoms with Crippen LogP contribution in [0.3, 0.4) is 0 Å². The van der Waals surface area contributed by atoms with Crippen LogP contribution in [0, 0.1) is 17.2 Å². The summed E-state index contributed by atoms with van der Waals surface area (Å²) in [7, 11) is 0. The molecule has 0 aliphatic carbocycles. The van der Waals surface area contributed by atoms with Gasteiger partial charge in [0, 0.05) is 6.54 Å². The Morgan fingerprint density at radius 1 is 1.73 bits per heavy atom. The Labute approximate surface area is 63.6 Å². The van der Waals surface area contributed by atoms with Crippen molar-refractivity contribution in [2.24, 2.45) is 5.92 Å². The third kappa shape index (κ3) is 3.92. The lowest BCUT2D eigenvalue weighted by Gasteiger charge is -2.01. The minimum Gasteiger partial charge on any atom is -0.474 e. The first-order valence-corrected chi connectivity index (χ1v) is 2.98. The molecular weight excluding hydrogens is 148 g/mol. The number of carboxylic acid groups (broad SMARTS) is 1. The Kier molecular flexibility index (Phi) is 3.67. The Bertz CT molecular complexity index is 206. The molecule has 0 aromatic heterocycles. The summed E-state index contributed by atoms with van der Waals surface area (Å²) in [4.78, 5) is 20.2. The quantitative estimate of drug-likeness (QED) is 0.519. The topological polar surface area (TPSA) is 90.2 Å². The summed E-state index contributed by atoms with van der Waals surface area (Å²) >= 11 is 0. The van der Waals surface area contributed by atoms with Crippen molar-refractivity contribution in [3.8, 4) is 6.07 Å².